The highest BCUT2D eigenvalue weighted by molar-refractivity contribution is 5.46. The highest BCUT2D eigenvalue weighted by Crippen LogP contribution is 2.41. The summed E-state index contributed by atoms with van der Waals surface area (Å²) in [5.41, 5.74) is 0.121. The van der Waals surface area contributed by atoms with Gasteiger partial charge in [-0.1, -0.05) is 5.16 Å². The van der Waals surface area contributed by atoms with Gasteiger partial charge in [-0.15, -0.1) is 0 Å². The molecule has 2 heterocycles. The molecule has 1 fully saturated rings. The molecule has 0 N–H and O–H groups in total. The van der Waals surface area contributed by atoms with Crippen LogP contribution in [0.1, 0.15) is 38.5 Å². The van der Waals surface area contributed by atoms with Crippen LogP contribution in [0, 0.1) is 0 Å². The molecule has 0 aliphatic heterocycles. The lowest BCUT2D eigenvalue weighted by atomic mass is 10.0. The summed E-state index contributed by atoms with van der Waals surface area (Å²) in [5.74, 6) is 1.41. The summed E-state index contributed by atoms with van der Waals surface area (Å²) in [6.07, 6.45) is 7.14. The number of hydrogen-bond donors (Lipinski definition) is 0. The van der Waals surface area contributed by atoms with E-state index in [0.29, 0.717) is 29.9 Å². The highest BCUT2D eigenvalue weighted by atomic mass is 16.5. The topological polar surface area (TPSA) is 83.2 Å². The predicted molar refractivity (Wildman–Crippen MR) is 73.6 cm³/mol. The van der Waals surface area contributed by atoms with Crippen molar-refractivity contribution in [3.8, 4) is 17.4 Å². The Hall–Kier alpha value is -2.02. The van der Waals surface area contributed by atoms with Crippen molar-refractivity contribution < 1.29 is 14.0 Å². The molecule has 2 aromatic rings. The normalized spacial score (nSPS) is 17.0. The van der Waals surface area contributed by atoms with E-state index < -0.39 is 5.60 Å². The van der Waals surface area contributed by atoms with Gasteiger partial charge in [0, 0.05) is 6.61 Å². The summed E-state index contributed by atoms with van der Waals surface area (Å²) in [4.78, 5) is 12.8. The van der Waals surface area contributed by atoms with Gasteiger partial charge in [-0.25, -0.2) is 9.97 Å². The van der Waals surface area contributed by atoms with Crippen LogP contribution >= 0.6 is 0 Å². The molecule has 3 rings (SSSR count). The first-order chi connectivity index (χ1) is 10.3. The van der Waals surface area contributed by atoms with Crippen LogP contribution in [0.5, 0.6) is 5.88 Å². The second kappa shape index (κ2) is 5.77. The number of hydrogen-bond acceptors (Lipinski definition) is 7. The van der Waals surface area contributed by atoms with Crippen LogP contribution in [0.25, 0.3) is 11.5 Å². The largest absolute Gasteiger partial charge is 0.480 e. The number of ether oxygens (including phenoxy) is 2. The molecule has 0 saturated heterocycles. The molecule has 0 spiro atoms. The van der Waals surface area contributed by atoms with Crippen molar-refractivity contribution in [2.75, 3.05) is 13.7 Å². The summed E-state index contributed by atoms with van der Waals surface area (Å²) in [7, 11) is 1.54. The van der Waals surface area contributed by atoms with Gasteiger partial charge in [-0.2, -0.15) is 4.98 Å². The first kappa shape index (κ1) is 13.9. The molecule has 0 aromatic carbocycles. The molecule has 7 heteroatoms. The van der Waals surface area contributed by atoms with Gasteiger partial charge in [0.15, 0.2) is 0 Å². The lowest BCUT2D eigenvalue weighted by Crippen LogP contribution is -2.26. The first-order valence-corrected chi connectivity index (χ1v) is 7.12. The van der Waals surface area contributed by atoms with E-state index >= 15 is 0 Å². The van der Waals surface area contributed by atoms with Crippen LogP contribution in [-0.4, -0.2) is 33.8 Å². The minimum atomic E-state index is -0.431. The lowest BCUT2D eigenvalue weighted by molar-refractivity contribution is -0.0610. The van der Waals surface area contributed by atoms with E-state index in [9.17, 15) is 0 Å². The van der Waals surface area contributed by atoms with E-state index in [1.165, 1.54) is 6.20 Å². The second-order valence-electron chi connectivity index (χ2n) is 5.00. The molecule has 1 aliphatic carbocycles. The third-order valence-corrected chi connectivity index (χ3v) is 3.71. The monoisotopic (exact) mass is 290 g/mol. The van der Waals surface area contributed by atoms with E-state index in [-0.39, 0.29) is 0 Å². The molecule has 0 amide bonds. The molecule has 0 atom stereocenters. The molecule has 0 unspecified atom stereocenters. The molecule has 7 nitrogen and oxygen atoms in total. The molecule has 1 saturated carbocycles. The van der Waals surface area contributed by atoms with Gasteiger partial charge in [0.1, 0.15) is 11.3 Å². The Labute approximate surface area is 122 Å². The van der Waals surface area contributed by atoms with Gasteiger partial charge >= 0.3 is 0 Å². The Morgan fingerprint density at radius 3 is 2.67 bits per heavy atom. The summed E-state index contributed by atoms with van der Waals surface area (Å²) in [6.45, 7) is 2.60. The maximum atomic E-state index is 5.91. The first-order valence-electron chi connectivity index (χ1n) is 7.12. The van der Waals surface area contributed by atoms with E-state index in [1.807, 2.05) is 6.92 Å². The summed E-state index contributed by atoms with van der Waals surface area (Å²) < 4.78 is 16.3. The molecule has 0 radical (unpaired) electrons. The van der Waals surface area contributed by atoms with Crippen LogP contribution in [0.3, 0.4) is 0 Å². The predicted octanol–water partition coefficient (Wildman–Crippen LogP) is 2.34. The molecular formula is C14H18N4O3. The van der Waals surface area contributed by atoms with E-state index in [4.69, 9.17) is 14.0 Å². The quantitative estimate of drug-likeness (QED) is 0.835. The maximum absolute atomic E-state index is 5.91. The van der Waals surface area contributed by atoms with Crippen LogP contribution in [-0.2, 0) is 10.3 Å². The van der Waals surface area contributed by atoms with Gasteiger partial charge in [-0.05, 0) is 32.6 Å². The number of methoxy groups -OCH3 is 1. The van der Waals surface area contributed by atoms with Crippen molar-refractivity contribution in [3.05, 3.63) is 18.3 Å². The molecule has 0 bridgehead atoms. The molecule has 21 heavy (non-hydrogen) atoms. The van der Waals surface area contributed by atoms with Crippen molar-refractivity contribution in [3.63, 3.8) is 0 Å². The van der Waals surface area contributed by atoms with Gasteiger partial charge in [0.05, 0.1) is 19.5 Å². The fourth-order valence-electron chi connectivity index (χ4n) is 2.69. The van der Waals surface area contributed by atoms with Crippen molar-refractivity contribution in [1.29, 1.82) is 0 Å². The third kappa shape index (κ3) is 2.61. The Bertz CT molecular complexity index is 591. The summed E-state index contributed by atoms with van der Waals surface area (Å²) in [5, 5.41) is 4.00. The van der Waals surface area contributed by atoms with Gasteiger partial charge in [-0.3, -0.25) is 0 Å². The maximum Gasteiger partial charge on any atom is 0.259 e. The van der Waals surface area contributed by atoms with Crippen molar-refractivity contribution >= 4 is 0 Å². The highest BCUT2D eigenvalue weighted by Gasteiger charge is 2.41. The zero-order chi connectivity index (χ0) is 14.7. The minimum Gasteiger partial charge on any atom is -0.480 e. The number of aromatic nitrogens is 4. The van der Waals surface area contributed by atoms with Crippen LogP contribution < -0.4 is 4.74 Å². The van der Waals surface area contributed by atoms with Gasteiger partial charge < -0.3 is 14.0 Å². The van der Waals surface area contributed by atoms with Crippen molar-refractivity contribution in [1.82, 2.24) is 20.1 Å². The lowest BCUT2D eigenvalue weighted by Gasteiger charge is -2.24. The molecule has 1 aliphatic rings. The second-order valence-corrected chi connectivity index (χ2v) is 5.00. The molecule has 2 aromatic heterocycles. The zero-order valence-corrected chi connectivity index (χ0v) is 12.2. The molecule has 112 valence electrons. The fraction of sp³-hybridized carbons (Fsp3) is 0.571. The van der Waals surface area contributed by atoms with Crippen LogP contribution in [0.4, 0.5) is 0 Å². The zero-order valence-electron chi connectivity index (χ0n) is 12.2. The third-order valence-electron chi connectivity index (χ3n) is 3.71. The number of rotatable bonds is 5. The Balaban J connectivity index is 1.87. The van der Waals surface area contributed by atoms with Gasteiger partial charge in [0.2, 0.25) is 11.7 Å². The molecular weight excluding hydrogens is 272 g/mol. The van der Waals surface area contributed by atoms with Gasteiger partial charge in [0.25, 0.3) is 5.89 Å². The average molecular weight is 290 g/mol. The Morgan fingerprint density at radius 1 is 1.24 bits per heavy atom. The Morgan fingerprint density at radius 2 is 2.05 bits per heavy atom. The van der Waals surface area contributed by atoms with Crippen LogP contribution in [0.15, 0.2) is 16.9 Å². The summed E-state index contributed by atoms with van der Waals surface area (Å²) >= 11 is 0. The summed E-state index contributed by atoms with van der Waals surface area (Å²) in [6, 6.07) is 0. The van der Waals surface area contributed by atoms with Crippen molar-refractivity contribution in [2.45, 2.75) is 38.2 Å². The van der Waals surface area contributed by atoms with E-state index in [0.717, 1.165) is 25.7 Å². The fourth-order valence-corrected chi connectivity index (χ4v) is 2.69. The number of nitrogens with zero attached hydrogens (tertiary/aromatic N) is 4. The SMILES string of the molecule is CCOC1(c2nc(-c3cnc(OC)cn3)no2)CCCC1. The average Bonchev–Trinajstić information content (AvgIpc) is 3.17. The van der Waals surface area contributed by atoms with Crippen molar-refractivity contribution in [2.24, 2.45) is 0 Å². The standard InChI is InChI=1S/C14H18N4O3/c1-3-20-14(6-4-5-7-14)13-17-12(18-21-13)10-8-16-11(19-2)9-15-10/h8-9H,3-7H2,1-2H3. The van der Waals surface area contributed by atoms with E-state index in [2.05, 4.69) is 20.1 Å². The Kier molecular flexibility index (Phi) is 3.83. The minimum absolute atomic E-state index is 0.422. The smallest absolute Gasteiger partial charge is 0.259 e. The van der Waals surface area contributed by atoms with Crippen LogP contribution in [0.2, 0.25) is 0 Å². The van der Waals surface area contributed by atoms with E-state index in [1.54, 1.807) is 13.3 Å².